The van der Waals surface area contributed by atoms with Gasteiger partial charge in [-0.05, 0) is 12.8 Å². The van der Waals surface area contributed by atoms with Gasteiger partial charge in [-0.3, -0.25) is 9.48 Å². The second kappa shape index (κ2) is 6.99. The lowest BCUT2D eigenvalue weighted by Gasteiger charge is -2.33. The first kappa shape index (κ1) is 18.4. The molecule has 5 rings (SSSR count). The quantitative estimate of drug-likeness (QED) is 0.676. The van der Waals surface area contributed by atoms with Gasteiger partial charge in [0.05, 0.1) is 17.4 Å². The highest BCUT2D eigenvalue weighted by atomic mass is 32.1. The van der Waals surface area contributed by atoms with Gasteiger partial charge in [-0.2, -0.15) is 5.10 Å². The summed E-state index contributed by atoms with van der Waals surface area (Å²) >= 11 is 1.30. The Kier molecular flexibility index (Phi) is 4.43. The summed E-state index contributed by atoms with van der Waals surface area (Å²) in [5, 5.41) is 11.5. The SMILES string of the molecule is Cn1cc(NC(=O)c2csc3ncc(N4CC5CCC(C4)N5)nc23)c(C(F)F)n1. The summed E-state index contributed by atoms with van der Waals surface area (Å²) in [4.78, 5) is 24.8. The van der Waals surface area contributed by atoms with Crippen molar-refractivity contribution in [3.8, 4) is 0 Å². The standard InChI is InChI=1S/C18H19F2N7OS/c1-26-7-12(15(25-26)16(19)20)23-17(28)11-8-29-18-14(11)24-13(4-21-18)27-5-9-2-3-10(6-27)22-9/h4,7-10,16,22H,2-3,5-6H2,1H3,(H,23,28). The maximum absolute atomic E-state index is 13.2. The van der Waals surface area contributed by atoms with Crippen LogP contribution >= 0.6 is 11.3 Å². The van der Waals surface area contributed by atoms with E-state index in [2.05, 4.69) is 25.6 Å². The molecule has 2 fully saturated rings. The van der Waals surface area contributed by atoms with E-state index in [-0.39, 0.29) is 5.69 Å². The molecule has 152 valence electrons. The van der Waals surface area contributed by atoms with Crippen LogP contribution in [0.4, 0.5) is 20.3 Å². The van der Waals surface area contributed by atoms with Gasteiger partial charge in [-0.1, -0.05) is 0 Å². The van der Waals surface area contributed by atoms with Gasteiger partial charge in [0.1, 0.15) is 16.2 Å². The molecule has 3 aromatic rings. The highest BCUT2D eigenvalue weighted by Crippen LogP contribution is 2.30. The Bertz CT molecular complexity index is 1070. The molecule has 0 aromatic carbocycles. The topological polar surface area (TPSA) is 88.0 Å². The molecule has 2 aliphatic heterocycles. The number of thiophene rings is 1. The van der Waals surface area contributed by atoms with Crippen molar-refractivity contribution in [2.45, 2.75) is 31.4 Å². The predicted molar refractivity (Wildman–Crippen MR) is 106 cm³/mol. The predicted octanol–water partition coefficient (Wildman–Crippen LogP) is 2.56. The smallest absolute Gasteiger partial charge is 0.284 e. The molecule has 5 heterocycles. The number of alkyl halides is 2. The Hall–Kier alpha value is -2.66. The summed E-state index contributed by atoms with van der Waals surface area (Å²) < 4.78 is 27.6. The first-order chi connectivity index (χ1) is 14.0. The Morgan fingerprint density at radius 2 is 2.10 bits per heavy atom. The van der Waals surface area contributed by atoms with Crippen molar-refractivity contribution in [3.05, 3.63) is 29.0 Å². The van der Waals surface area contributed by atoms with Gasteiger partial charge in [0, 0.05) is 43.8 Å². The molecule has 29 heavy (non-hydrogen) atoms. The zero-order chi connectivity index (χ0) is 20.1. The van der Waals surface area contributed by atoms with Gasteiger partial charge in [-0.15, -0.1) is 11.3 Å². The largest absolute Gasteiger partial charge is 0.352 e. The van der Waals surface area contributed by atoms with E-state index >= 15 is 0 Å². The number of anilines is 2. The average Bonchev–Trinajstić information content (AvgIpc) is 3.37. The molecule has 3 aromatic heterocycles. The van der Waals surface area contributed by atoms with Gasteiger partial charge < -0.3 is 15.5 Å². The number of aromatic nitrogens is 4. The van der Waals surface area contributed by atoms with Crippen LogP contribution in [0.15, 0.2) is 17.8 Å². The molecule has 2 unspecified atom stereocenters. The van der Waals surface area contributed by atoms with Gasteiger partial charge in [-0.25, -0.2) is 18.7 Å². The monoisotopic (exact) mass is 419 g/mol. The van der Waals surface area contributed by atoms with Crippen LogP contribution in [0.5, 0.6) is 0 Å². The van der Waals surface area contributed by atoms with Gasteiger partial charge >= 0.3 is 0 Å². The van der Waals surface area contributed by atoms with Crippen molar-refractivity contribution < 1.29 is 13.6 Å². The third-order valence-electron chi connectivity index (χ3n) is 5.37. The van der Waals surface area contributed by atoms with Crippen molar-refractivity contribution >= 4 is 39.1 Å². The molecule has 0 saturated carbocycles. The minimum Gasteiger partial charge on any atom is -0.352 e. The van der Waals surface area contributed by atoms with E-state index in [1.807, 2.05) is 0 Å². The van der Waals surface area contributed by atoms with Crippen molar-refractivity contribution in [2.24, 2.45) is 7.05 Å². The summed E-state index contributed by atoms with van der Waals surface area (Å²) in [6, 6.07) is 0.907. The van der Waals surface area contributed by atoms with Crippen LogP contribution in [-0.2, 0) is 7.05 Å². The van der Waals surface area contributed by atoms with Crippen molar-refractivity contribution in [3.63, 3.8) is 0 Å². The fourth-order valence-corrected chi connectivity index (χ4v) is 4.88. The highest BCUT2D eigenvalue weighted by Gasteiger charge is 2.33. The summed E-state index contributed by atoms with van der Waals surface area (Å²) in [6.07, 6.45) is 2.63. The molecule has 1 amide bonds. The number of hydrogen-bond donors (Lipinski definition) is 2. The average molecular weight is 419 g/mol. The van der Waals surface area contributed by atoms with Crippen LogP contribution < -0.4 is 15.5 Å². The molecule has 0 spiro atoms. The van der Waals surface area contributed by atoms with Crippen LogP contribution in [-0.4, -0.2) is 50.8 Å². The van der Waals surface area contributed by atoms with Crippen molar-refractivity contribution in [2.75, 3.05) is 23.3 Å². The van der Waals surface area contributed by atoms with Gasteiger partial charge in [0.2, 0.25) is 0 Å². The summed E-state index contributed by atoms with van der Waals surface area (Å²) in [6.45, 7) is 1.71. The minimum absolute atomic E-state index is 0.00496. The van der Waals surface area contributed by atoms with Crippen molar-refractivity contribution in [1.82, 2.24) is 25.1 Å². The maximum Gasteiger partial charge on any atom is 0.284 e. The number of halogens is 2. The fraction of sp³-hybridized carbons (Fsp3) is 0.444. The van der Waals surface area contributed by atoms with E-state index in [4.69, 9.17) is 4.98 Å². The van der Waals surface area contributed by atoms with Crippen LogP contribution in [0.25, 0.3) is 10.3 Å². The molecule has 11 heteroatoms. The third kappa shape index (κ3) is 3.33. The number of hydrogen-bond acceptors (Lipinski definition) is 7. The Balaban J connectivity index is 1.44. The second-order valence-electron chi connectivity index (χ2n) is 7.43. The highest BCUT2D eigenvalue weighted by molar-refractivity contribution is 7.17. The third-order valence-corrected chi connectivity index (χ3v) is 6.24. The van der Waals surface area contributed by atoms with Crippen LogP contribution in [0, 0.1) is 0 Å². The summed E-state index contributed by atoms with van der Waals surface area (Å²) in [5.74, 6) is 0.232. The summed E-state index contributed by atoms with van der Waals surface area (Å²) in [5.41, 5.74) is 0.345. The first-order valence-corrected chi connectivity index (χ1v) is 10.2. The number of aryl methyl sites for hydroxylation is 1. The van der Waals surface area contributed by atoms with E-state index in [1.165, 1.54) is 29.3 Å². The Morgan fingerprint density at radius 1 is 1.34 bits per heavy atom. The van der Waals surface area contributed by atoms with E-state index in [1.54, 1.807) is 11.6 Å². The second-order valence-corrected chi connectivity index (χ2v) is 8.29. The molecule has 0 aliphatic carbocycles. The van der Waals surface area contributed by atoms with Crippen molar-refractivity contribution in [1.29, 1.82) is 0 Å². The number of amides is 1. The lowest BCUT2D eigenvalue weighted by atomic mass is 10.2. The molecule has 2 N–H and O–H groups in total. The number of nitrogens with one attached hydrogen (secondary N) is 2. The molecule has 2 atom stereocenters. The lowest BCUT2D eigenvalue weighted by molar-refractivity contribution is 0.102. The molecular weight excluding hydrogens is 400 g/mol. The summed E-state index contributed by atoms with van der Waals surface area (Å²) in [7, 11) is 1.53. The molecule has 8 nitrogen and oxygen atoms in total. The van der Waals surface area contributed by atoms with E-state index in [0.717, 1.165) is 31.7 Å². The number of rotatable bonds is 4. The zero-order valence-corrected chi connectivity index (χ0v) is 16.4. The fourth-order valence-electron chi connectivity index (χ4n) is 4.05. The van der Waals surface area contributed by atoms with E-state index in [9.17, 15) is 13.6 Å². The number of carbonyl (C=O) groups is 1. The molecule has 2 aliphatic rings. The van der Waals surface area contributed by atoms with Crippen LogP contribution in [0.1, 0.15) is 35.3 Å². The number of carbonyl (C=O) groups excluding carboxylic acids is 1. The normalized spacial score (nSPS) is 21.3. The number of piperazine rings is 1. The molecule has 2 saturated heterocycles. The van der Waals surface area contributed by atoms with E-state index in [0.29, 0.717) is 28.0 Å². The number of nitrogens with zero attached hydrogens (tertiary/aromatic N) is 5. The van der Waals surface area contributed by atoms with Crippen LogP contribution in [0.2, 0.25) is 0 Å². The Labute approximate surface area is 168 Å². The first-order valence-electron chi connectivity index (χ1n) is 9.36. The minimum atomic E-state index is -2.78. The zero-order valence-electron chi connectivity index (χ0n) is 15.6. The van der Waals surface area contributed by atoms with Gasteiger partial charge in [0.15, 0.2) is 5.69 Å². The Morgan fingerprint density at radius 3 is 2.83 bits per heavy atom. The lowest BCUT2D eigenvalue weighted by Crippen LogP contribution is -2.51. The number of fused-ring (bicyclic) bond motifs is 3. The maximum atomic E-state index is 13.2. The van der Waals surface area contributed by atoms with Crippen LogP contribution in [0.3, 0.4) is 0 Å². The molecule has 2 bridgehead atoms. The molecular formula is C18H19F2N7OS. The molecule has 0 radical (unpaired) electrons. The van der Waals surface area contributed by atoms with E-state index < -0.39 is 18.0 Å². The van der Waals surface area contributed by atoms with Gasteiger partial charge in [0.25, 0.3) is 12.3 Å².